The van der Waals surface area contributed by atoms with Crippen LogP contribution in [0.15, 0.2) is 17.5 Å². The molecule has 0 aliphatic heterocycles. The first-order valence-corrected chi connectivity index (χ1v) is 9.21. The van der Waals surface area contributed by atoms with Crippen molar-refractivity contribution in [2.45, 2.75) is 13.8 Å². The lowest BCUT2D eigenvalue weighted by molar-refractivity contribution is -0.119. The number of nitrogen functional groups attached to an aromatic ring is 1. The van der Waals surface area contributed by atoms with Gasteiger partial charge in [-0.2, -0.15) is 5.26 Å². The largest absolute Gasteiger partial charge is 0.451 e. The quantitative estimate of drug-likeness (QED) is 0.665. The summed E-state index contributed by atoms with van der Waals surface area (Å²) in [6, 6.07) is 5.46. The Kier molecular flexibility index (Phi) is 4.88. The topological polar surface area (TPSA) is 118 Å². The van der Waals surface area contributed by atoms with Gasteiger partial charge in [-0.3, -0.25) is 4.79 Å². The molecular weight excluding hydrogens is 372 g/mol. The number of aryl methyl sites for hydroxylation is 2. The Labute approximate surface area is 157 Å². The van der Waals surface area contributed by atoms with E-state index >= 15 is 0 Å². The first kappa shape index (κ1) is 17.8. The molecule has 0 saturated heterocycles. The van der Waals surface area contributed by atoms with Crippen LogP contribution in [0.3, 0.4) is 0 Å². The summed E-state index contributed by atoms with van der Waals surface area (Å²) < 4.78 is 5.07. The molecule has 0 aliphatic rings. The first-order chi connectivity index (χ1) is 12.4. The number of hydrogen-bond donors (Lipinski definition) is 2. The second kappa shape index (κ2) is 7.11. The highest BCUT2D eigenvalue weighted by atomic mass is 32.1. The minimum Gasteiger partial charge on any atom is -0.451 e. The number of nitrogens with one attached hydrogen (secondary N) is 1. The number of amides is 1. The summed E-state index contributed by atoms with van der Waals surface area (Å²) in [5, 5.41) is 14.3. The van der Waals surface area contributed by atoms with Crippen LogP contribution in [0.1, 0.15) is 26.5 Å². The Morgan fingerprint density at radius 3 is 2.92 bits per heavy atom. The van der Waals surface area contributed by atoms with Crippen LogP contribution >= 0.6 is 22.7 Å². The van der Waals surface area contributed by atoms with Crippen molar-refractivity contribution in [2.75, 3.05) is 17.7 Å². The smallest absolute Gasteiger partial charge is 0.351 e. The summed E-state index contributed by atoms with van der Waals surface area (Å²) in [6.07, 6.45) is 0. The zero-order valence-corrected chi connectivity index (χ0v) is 15.6. The third-order valence-corrected chi connectivity index (χ3v) is 5.49. The number of pyridine rings is 1. The maximum Gasteiger partial charge on any atom is 0.351 e. The van der Waals surface area contributed by atoms with Gasteiger partial charge in [0, 0.05) is 11.1 Å². The van der Waals surface area contributed by atoms with E-state index in [1.54, 1.807) is 11.4 Å². The molecule has 7 nitrogen and oxygen atoms in total. The number of anilines is 2. The highest BCUT2D eigenvalue weighted by molar-refractivity contribution is 7.21. The fourth-order valence-electron chi connectivity index (χ4n) is 2.47. The molecule has 3 aromatic rings. The molecule has 0 fully saturated rings. The maximum absolute atomic E-state index is 12.3. The molecule has 0 atom stereocenters. The molecule has 3 aromatic heterocycles. The molecule has 3 N–H and O–H groups in total. The van der Waals surface area contributed by atoms with E-state index in [-0.39, 0.29) is 4.88 Å². The average molecular weight is 386 g/mol. The summed E-state index contributed by atoms with van der Waals surface area (Å²) in [6.45, 7) is 3.29. The van der Waals surface area contributed by atoms with Gasteiger partial charge in [-0.25, -0.2) is 9.78 Å². The van der Waals surface area contributed by atoms with Crippen LogP contribution in [0.5, 0.6) is 0 Å². The average Bonchev–Trinajstić information content (AvgIpc) is 3.16. The molecule has 0 radical (unpaired) electrons. The van der Waals surface area contributed by atoms with Gasteiger partial charge in [-0.05, 0) is 36.9 Å². The number of carbonyl (C=O) groups is 2. The van der Waals surface area contributed by atoms with Gasteiger partial charge in [0.05, 0.1) is 11.3 Å². The molecule has 0 unspecified atom stereocenters. The van der Waals surface area contributed by atoms with E-state index in [9.17, 15) is 9.59 Å². The Morgan fingerprint density at radius 1 is 1.42 bits per heavy atom. The summed E-state index contributed by atoms with van der Waals surface area (Å²) >= 11 is 2.36. The standard InChI is InChI=1S/C17H14N4O3S2/c1-8-5-9(2)20-16-12(8)13(19)14(26-16)17(23)24-7-11(22)21-15-10(6-18)3-4-25-15/h3-5H,7,19H2,1-2H3,(H,21,22). The van der Waals surface area contributed by atoms with Crippen molar-refractivity contribution < 1.29 is 14.3 Å². The maximum atomic E-state index is 12.3. The number of nitrogens with two attached hydrogens (primary N) is 1. The normalized spacial score (nSPS) is 10.5. The Balaban J connectivity index is 1.72. The van der Waals surface area contributed by atoms with Gasteiger partial charge in [0.15, 0.2) is 6.61 Å². The van der Waals surface area contributed by atoms with Crippen LogP contribution in [0.4, 0.5) is 10.7 Å². The number of hydrogen-bond acceptors (Lipinski definition) is 8. The molecule has 26 heavy (non-hydrogen) atoms. The van der Waals surface area contributed by atoms with Crippen molar-refractivity contribution in [3.63, 3.8) is 0 Å². The van der Waals surface area contributed by atoms with Crippen molar-refractivity contribution in [2.24, 2.45) is 0 Å². The van der Waals surface area contributed by atoms with Crippen LogP contribution in [0, 0.1) is 25.2 Å². The van der Waals surface area contributed by atoms with E-state index < -0.39 is 18.5 Å². The zero-order valence-electron chi connectivity index (χ0n) is 14.0. The molecular formula is C17H14N4O3S2. The molecule has 1 amide bonds. The Morgan fingerprint density at radius 2 is 2.19 bits per heavy atom. The first-order valence-electron chi connectivity index (χ1n) is 7.51. The Bertz CT molecular complexity index is 1060. The van der Waals surface area contributed by atoms with Crippen molar-refractivity contribution in [1.82, 2.24) is 4.98 Å². The third kappa shape index (κ3) is 3.37. The van der Waals surface area contributed by atoms with Crippen molar-refractivity contribution in [3.05, 3.63) is 39.2 Å². The van der Waals surface area contributed by atoms with Crippen molar-refractivity contribution in [3.8, 4) is 6.07 Å². The molecule has 9 heteroatoms. The van der Waals surface area contributed by atoms with Gasteiger partial charge in [-0.15, -0.1) is 22.7 Å². The molecule has 132 valence electrons. The highest BCUT2D eigenvalue weighted by Gasteiger charge is 2.21. The number of fused-ring (bicyclic) bond motifs is 1. The van der Waals surface area contributed by atoms with E-state index in [4.69, 9.17) is 15.7 Å². The highest BCUT2D eigenvalue weighted by Crippen LogP contribution is 2.35. The minimum atomic E-state index is -0.676. The van der Waals surface area contributed by atoms with E-state index in [1.807, 2.05) is 26.0 Å². The van der Waals surface area contributed by atoms with Gasteiger partial charge in [0.2, 0.25) is 0 Å². The second-order valence-electron chi connectivity index (χ2n) is 5.51. The lowest BCUT2D eigenvalue weighted by Gasteiger charge is -2.05. The summed E-state index contributed by atoms with van der Waals surface area (Å²) in [5.74, 6) is -1.20. The second-order valence-corrected chi connectivity index (χ2v) is 7.42. The number of ether oxygens (including phenoxy) is 1. The Hall–Kier alpha value is -2.96. The van der Waals surface area contributed by atoms with Crippen LogP contribution in [0.25, 0.3) is 10.2 Å². The number of rotatable bonds is 4. The SMILES string of the molecule is Cc1cc(C)c2c(N)c(C(=O)OCC(=O)Nc3sccc3C#N)sc2n1. The van der Waals surface area contributed by atoms with Gasteiger partial charge in [0.1, 0.15) is 20.8 Å². The number of nitriles is 1. The van der Waals surface area contributed by atoms with Crippen LogP contribution in [0.2, 0.25) is 0 Å². The number of nitrogens with zero attached hydrogens (tertiary/aromatic N) is 2. The molecule has 0 aromatic carbocycles. The molecule has 0 spiro atoms. The lowest BCUT2D eigenvalue weighted by atomic mass is 10.1. The lowest BCUT2D eigenvalue weighted by Crippen LogP contribution is -2.20. The monoisotopic (exact) mass is 386 g/mol. The van der Waals surface area contributed by atoms with Gasteiger partial charge < -0.3 is 15.8 Å². The van der Waals surface area contributed by atoms with Gasteiger partial charge in [0.25, 0.3) is 5.91 Å². The fourth-order valence-corrected chi connectivity index (χ4v) is 4.34. The van der Waals surface area contributed by atoms with Crippen molar-refractivity contribution >= 4 is 55.5 Å². The number of esters is 1. The third-order valence-electron chi connectivity index (χ3n) is 3.58. The molecule has 0 saturated carbocycles. The predicted molar refractivity (Wildman–Crippen MR) is 101 cm³/mol. The van der Waals surface area contributed by atoms with E-state index in [0.717, 1.165) is 28.0 Å². The number of thiophene rings is 2. The molecule has 0 bridgehead atoms. The van der Waals surface area contributed by atoms with E-state index in [2.05, 4.69) is 10.3 Å². The van der Waals surface area contributed by atoms with Crippen LogP contribution in [-0.2, 0) is 9.53 Å². The molecule has 0 aliphatic carbocycles. The summed E-state index contributed by atoms with van der Waals surface area (Å²) in [5.41, 5.74) is 8.51. The predicted octanol–water partition coefficient (Wildman–Crippen LogP) is 3.22. The number of aromatic nitrogens is 1. The zero-order chi connectivity index (χ0) is 18.8. The van der Waals surface area contributed by atoms with E-state index in [0.29, 0.717) is 21.1 Å². The van der Waals surface area contributed by atoms with Crippen LogP contribution in [-0.4, -0.2) is 23.5 Å². The van der Waals surface area contributed by atoms with Gasteiger partial charge in [-0.1, -0.05) is 0 Å². The molecule has 3 rings (SSSR count). The van der Waals surface area contributed by atoms with Gasteiger partial charge >= 0.3 is 5.97 Å². The van der Waals surface area contributed by atoms with Crippen molar-refractivity contribution in [1.29, 1.82) is 5.26 Å². The summed E-state index contributed by atoms with van der Waals surface area (Å²) in [7, 11) is 0. The van der Waals surface area contributed by atoms with Crippen LogP contribution < -0.4 is 11.1 Å². The van der Waals surface area contributed by atoms with E-state index in [1.165, 1.54) is 11.3 Å². The minimum absolute atomic E-state index is 0.225. The fraction of sp³-hybridized carbons (Fsp3) is 0.176. The number of carbonyl (C=O) groups excluding carboxylic acids is 2. The summed E-state index contributed by atoms with van der Waals surface area (Å²) in [4.78, 5) is 29.5. The molecule has 3 heterocycles.